The number of aromatic nitrogens is 1. The Morgan fingerprint density at radius 2 is 1.84 bits per heavy atom. The number of nitrogens with one attached hydrogen (secondary N) is 2. The predicted molar refractivity (Wildman–Crippen MR) is 143 cm³/mol. The maximum Gasteiger partial charge on any atom is 0.333 e. The Kier molecular flexibility index (Phi) is 5.86. The summed E-state index contributed by atoms with van der Waals surface area (Å²) in [5.41, 5.74) is 3.35. The van der Waals surface area contributed by atoms with Gasteiger partial charge in [-0.1, -0.05) is 18.7 Å². The molecule has 3 amide bonds. The molecule has 5 rings (SSSR count). The van der Waals surface area contributed by atoms with E-state index in [1.165, 1.54) is 22.5 Å². The number of hydrogen-bond donors (Lipinski definition) is 2. The summed E-state index contributed by atoms with van der Waals surface area (Å²) in [7, 11) is 1.61. The van der Waals surface area contributed by atoms with Crippen LogP contribution in [0.25, 0.3) is 5.70 Å². The second-order valence-corrected chi connectivity index (χ2v) is 9.57. The second kappa shape index (κ2) is 8.92. The zero-order chi connectivity index (χ0) is 26.6. The van der Waals surface area contributed by atoms with E-state index < -0.39 is 5.82 Å². The molecule has 9 heteroatoms. The van der Waals surface area contributed by atoms with Crippen molar-refractivity contribution in [1.82, 2.24) is 9.47 Å². The third-order valence-electron chi connectivity index (χ3n) is 6.70. The van der Waals surface area contributed by atoms with Crippen LogP contribution in [0.15, 0.2) is 53.8 Å². The van der Waals surface area contributed by atoms with E-state index >= 15 is 0 Å². The molecule has 1 aliphatic carbocycles. The van der Waals surface area contributed by atoms with Crippen LogP contribution >= 0.6 is 0 Å². The zero-order valence-corrected chi connectivity index (χ0v) is 21.2. The van der Waals surface area contributed by atoms with Crippen molar-refractivity contribution in [2.75, 3.05) is 15.5 Å². The lowest BCUT2D eigenvalue weighted by Gasteiger charge is -2.40. The first-order valence-corrected chi connectivity index (χ1v) is 12.1. The van der Waals surface area contributed by atoms with Crippen molar-refractivity contribution in [1.29, 1.82) is 0 Å². The third kappa shape index (κ3) is 4.16. The number of urea groups is 1. The van der Waals surface area contributed by atoms with E-state index in [4.69, 9.17) is 0 Å². The summed E-state index contributed by atoms with van der Waals surface area (Å²) in [5, 5.41) is 5.84. The van der Waals surface area contributed by atoms with E-state index in [0.717, 1.165) is 18.4 Å². The maximum absolute atomic E-state index is 14.9. The Morgan fingerprint density at radius 1 is 1.11 bits per heavy atom. The Bertz CT molecular complexity index is 1540. The van der Waals surface area contributed by atoms with E-state index in [1.54, 1.807) is 62.2 Å². The lowest BCUT2D eigenvalue weighted by molar-refractivity contribution is -0.114. The molecule has 8 nitrogen and oxygen atoms in total. The number of fused-ring (bicyclic) bond motifs is 1. The summed E-state index contributed by atoms with van der Waals surface area (Å²) in [6.07, 6.45) is 1.67. The van der Waals surface area contributed by atoms with E-state index in [2.05, 4.69) is 17.2 Å². The number of carbonyl (C=O) groups is 2. The summed E-state index contributed by atoms with van der Waals surface area (Å²) in [6, 6.07) is 11.3. The van der Waals surface area contributed by atoms with Gasteiger partial charge in [-0.15, -0.1) is 0 Å². The van der Waals surface area contributed by atoms with Gasteiger partial charge >= 0.3 is 6.03 Å². The second-order valence-electron chi connectivity index (χ2n) is 9.57. The molecule has 2 N–H and O–H groups in total. The number of benzene rings is 2. The number of halogens is 1. The number of nitrogens with zero attached hydrogens (tertiary/aromatic N) is 3. The summed E-state index contributed by atoms with van der Waals surface area (Å²) < 4.78 is 16.3. The first-order valence-electron chi connectivity index (χ1n) is 12.1. The van der Waals surface area contributed by atoms with Gasteiger partial charge in [-0.2, -0.15) is 0 Å². The van der Waals surface area contributed by atoms with Gasteiger partial charge in [-0.05, 0) is 62.6 Å². The molecule has 2 heterocycles. The van der Waals surface area contributed by atoms with Crippen molar-refractivity contribution in [2.45, 2.75) is 39.7 Å². The quantitative estimate of drug-likeness (QED) is 0.480. The third-order valence-corrected chi connectivity index (χ3v) is 6.70. The summed E-state index contributed by atoms with van der Waals surface area (Å²) >= 11 is 0. The number of pyridine rings is 1. The zero-order valence-electron chi connectivity index (χ0n) is 21.2. The van der Waals surface area contributed by atoms with Crippen LogP contribution in [0.1, 0.15) is 36.5 Å². The van der Waals surface area contributed by atoms with Crippen LogP contribution in [0.4, 0.5) is 37.8 Å². The lowest BCUT2D eigenvalue weighted by atomic mass is 10.0. The van der Waals surface area contributed by atoms with Crippen molar-refractivity contribution in [2.24, 2.45) is 7.05 Å². The summed E-state index contributed by atoms with van der Waals surface area (Å²) in [6.45, 7) is 9.12. The first-order chi connectivity index (χ1) is 17.6. The fourth-order valence-electron chi connectivity index (χ4n) is 4.78. The van der Waals surface area contributed by atoms with Crippen molar-refractivity contribution in [3.05, 3.63) is 81.9 Å². The Balaban J connectivity index is 1.76. The minimum Gasteiger partial charge on any atom is -0.339 e. The van der Waals surface area contributed by atoms with Crippen molar-refractivity contribution in [3.8, 4) is 0 Å². The standard InChI is InChI=1S/C28H28FN5O3/c1-15-9-12-23(22(29)13-15)31-26-24-17(3)33(20-10-11-20)28(37)34(25(24)16(2)27(36)32(26)5)21-8-6-7-19(14-21)30-18(4)35/h6-9,12-14,20,31H,3,10-11H2,1-2,4-5H3,(H,30,35). The van der Waals surface area contributed by atoms with Gasteiger partial charge < -0.3 is 10.6 Å². The van der Waals surface area contributed by atoms with Crippen LogP contribution in [-0.4, -0.2) is 27.4 Å². The average Bonchev–Trinajstić information content (AvgIpc) is 3.67. The molecule has 1 saturated carbocycles. The highest BCUT2D eigenvalue weighted by Gasteiger charge is 2.45. The number of amides is 3. The van der Waals surface area contributed by atoms with Crippen LogP contribution in [0, 0.1) is 19.7 Å². The molecule has 0 unspecified atom stereocenters. The molecular weight excluding hydrogens is 473 g/mol. The molecule has 1 aliphatic heterocycles. The van der Waals surface area contributed by atoms with Gasteiger partial charge in [0.05, 0.1) is 28.3 Å². The van der Waals surface area contributed by atoms with Gasteiger partial charge in [0.15, 0.2) is 0 Å². The predicted octanol–water partition coefficient (Wildman–Crippen LogP) is 5.55. The van der Waals surface area contributed by atoms with Crippen LogP contribution in [0.3, 0.4) is 0 Å². The van der Waals surface area contributed by atoms with Crippen LogP contribution in [0.5, 0.6) is 0 Å². The fourth-order valence-corrected chi connectivity index (χ4v) is 4.78. The molecule has 0 saturated heterocycles. The van der Waals surface area contributed by atoms with Gasteiger partial charge in [0, 0.05) is 31.3 Å². The normalized spacial score (nSPS) is 15.1. The van der Waals surface area contributed by atoms with E-state index in [1.807, 2.05) is 0 Å². The summed E-state index contributed by atoms with van der Waals surface area (Å²) in [4.78, 5) is 42.1. The molecule has 3 aromatic rings. The number of carbonyl (C=O) groups excluding carboxylic acids is 2. The molecule has 2 aromatic carbocycles. The van der Waals surface area contributed by atoms with E-state index in [-0.39, 0.29) is 29.2 Å². The molecule has 37 heavy (non-hydrogen) atoms. The number of aryl methyl sites for hydroxylation is 1. The maximum atomic E-state index is 14.9. The Morgan fingerprint density at radius 3 is 2.49 bits per heavy atom. The minimum absolute atomic E-state index is 0.0179. The van der Waals surface area contributed by atoms with Crippen LogP contribution < -0.4 is 21.1 Å². The van der Waals surface area contributed by atoms with E-state index in [0.29, 0.717) is 39.7 Å². The molecule has 0 bridgehead atoms. The summed E-state index contributed by atoms with van der Waals surface area (Å²) in [5.74, 6) is -0.370. The van der Waals surface area contributed by atoms with Gasteiger partial charge in [0.2, 0.25) is 5.91 Å². The minimum atomic E-state index is -0.460. The largest absolute Gasteiger partial charge is 0.339 e. The molecule has 2 aliphatic rings. The molecular formula is C28H28FN5O3. The first kappa shape index (κ1) is 24.3. The fraction of sp³-hybridized carbons (Fsp3) is 0.250. The molecule has 1 fully saturated rings. The van der Waals surface area contributed by atoms with Crippen molar-refractivity contribution >= 4 is 46.2 Å². The highest BCUT2D eigenvalue weighted by molar-refractivity contribution is 6.12. The highest BCUT2D eigenvalue weighted by atomic mass is 19.1. The molecule has 190 valence electrons. The van der Waals surface area contributed by atoms with Gasteiger partial charge in [-0.3, -0.25) is 24.0 Å². The SMILES string of the molecule is C=C1c2c(c(C)c(=O)n(C)c2Nc2ccc(C)cc2F)N(c2cccc(NC(C)=O)c2)C(=O)N1C1CC1. The number of anilines is 5. The van der Waals surface area contributed by atoms with Crippen molar-refractivity contribution < 1.29 is 14.0 Å². The van der Waals surface area contributed by atoms with E-state index in [9.17, 15) is 18.8 Å². The smallest absolute Gasteiger partial charge is 0.333 e. The monoisotopic (exact) mass is 501 g/mol. The van der Waals surface area contributed by atoms with Gasteiger partial charge in [-0.25, -0.2) is 9.18 Å². The van der Waals surface area contributed by atoms with Crippen LogP contribution in [0.2, 0.25) is 0 Å². The lowest BCUT2D eigenvalue weighted by Crippen LogP contribution is -2.46. The molecule has 0 spiro atoms. The molecule has 1 aromatic heterocycles. The van der Waals surface area contributed by atoms with Crippen LogP contribution in [-0.2, 0) is 11.8 Å². The Labute approximate surface area is 214 Å². The van der Waals surface area contributed by atoms with Gasteiger partial charge in [0.25, 0.3) is 5.56 Å². The Hall–Kier alpha value is -4.40. The highest BCUT2D eigenvalue weighted by Crippen LogP contribution is 2.48. The number of rotatable bonds is 5. The molecule has 0 radical (unpaired) electrons. The van der Waals surface area contributed by atoms with Crippen molar-refractivity contribution in [3.63, 3.8) is 0 Å². The average molecular weight is 502 g/mol. The number of hydrogen-bond acceptors (Lipinski definition) is 4. The topological polar surface area (TPSA) is 86.7 Å². The van der Waals surface area contributed by atoms with Gasteiger partial charge in [0.1, 0.15) is 11.6 Å². The molecule has 0 atom stereocenters.